The normalized spacial score (nSPS) is 16.8. The molecule has 0 saturated carbocycles. The molecular weight excluding hydrogens is 350 g/mol. The second-order valence-corrected chi connectivity index (χ2v) is 7.82. The fourth-order valence-electron chi connectivity index (χ4n) is 3.84. The van der Waals surface area contributed by atoms with Gasteiger partial charge in [0.05, 0.1) is 13.1 Å². The van der Waals surface area contributed by atoms with Crippen molar-refractivity contribution in [1.29, 1.82) is 0 Å². The summed E-state index contributed by atoms with van der Waals surface area (Å²) in [7, 11) is 1.87. The van der Waals surface area contributed by atoms with Crippen LogP contribution in [-0.2, 0) is 16.0 Å². The molecule has 1 aliphatic carbocycles. The second kappa shape index (κ2) is 9.02. The Kier molecular flexibility index (Phi) is 6.47. The van der Waals surface area contributed by atoms with E-state index in [4.69, 9.17) is 0 Å². The SMILES string of the molecule is Cc1cccc(NC(=O)C[NH+](C)CC(=O)N[C@@H]2CCCc3ccccc32)c1C. The van der Waals surface area contributed by atoms with Crippen molar-refractivity contribution in [1.82, 2.24) is 5.32 Å². The third-order valence-corrected chi connectivity index (χ3v) is 5.51. The van der Waals surface area contributed by atoms with Gasteiger partial charge in [-0.3, -0.25) is 9.59 Å². The first-order chi connectivity index (χ1) is 13.4. The molecule has 2 amide bonds. The highest BCUT2D eigenvalue weighted by Crippen LogP contribution is 2.29. The van der Waals surface area contributed by atoms with Crippen LogP contribution < -0.4 is 15.5 Å². The maximum absolute atomic E-state index is 12.5. The lowest BCUT2D eigenvalue weighted by atomic mass is 9.88. The van der Waals surface area contributed by atoms with Gasteiger partial charge in [-0.1, -0.05) is 36.4 Å². The molecule has 2 atom stereocenters. The van der Waals surface area contributed by atoms with Crippen molar-refractivity contribution >= 4 is 17.5 Å². The minimum atomic E-state index is -0.0815. The van der Waals surface area contributed by atoms with E-state index < -0.39 is 0 Å². The first kappa shape index (κ1) is 20.1. The third kappa shape index (κ3) is 4.98. The van der Waals surface area contributed by atoms with Crippen molar-refractivity contribution in [3.63, 3.8) is 0 Å². The number of quaternary nitrogens is 1. The summed E-state index contributed by atoms with van der Waals surface area (Å²) in [5.74, 6) is -0.0965. The number of anilines is 1. The van der Waals surface area contributed by atoms with Crippen molar-refractivity contribution in [2.45, 2.75) is 39.2 Å². The van der Waals surface area contributed by atoms with E-state index >= 15 is 0 Å². The molecular formula is C23H30N3O2+. The Morgan fingerprint density at radius 3 is 2.61 bits per heavy atom. The highest BCUT2D eigenvalue weighted by molar-refractivity contribution is 5.92. The quantitative estimate of drug-likeness (QED) is 0.717. The van der Waals surface area contributed by atoms with E-state index in [0.717, 1.165) is 41.0 Å². The molecule has 0 aromatic heterocycles. The number of hydrogen-bond donors (Lipinski definition) is 3. The number of amides is 2. The summed E-state index contributed by atoms with van der Waals surface area (Å²) < 4.78 is 0. The highest BCUT2D eigenvalue weighted by Gasteiger charge is 2.23. The Morgan fingerprint density at radius 1 is 1.04 bits per heavy atom. The zero-order valence-corrected chi connectivity index (χ0v) is 17.0. The standard InChI is InChI=1S/C23H29N3O2/c1-16-8-6-12-20(17(16)2)24-22(27)14-26(3)15-23(28)25-21-13-7-10-18-9-4-5-11-19(18)21/h4-6,8-9,11-12,21H,7,10,13-15H2,1-3H3,(H,24,27)(H,25,28)/p+1/t21-/m1/s1. The average molecular weight is 381 g/mol. The molecule has 2 aromatic rings. The number of aryl methyl sites for hydroxylation is 2. The first-order valence-electron chi connectivity index (χ1n) is 9.98. The first-order valence-corrected chi connectivity index (χ1v) is 9.98. The van der Waals surface area contributed by atoms with Crippen LogP contribution in [0.4, 0.5) is 5.69 Å². The van der Waals surface area contributed by atoms with Crippen LogP contribution in [0.2, 0.25) is 0 Å². The molecule has 1 unspecified atom stereocenters. The molecule has 1 aliphatic rings. The maximum Gasteiger partial charge on any atom is 0.279 e. The predicted octanol–water partition coefficient (Wildman–Crippen LogP) is 1.95. The van der Waals surface area contributed by atoms with Gasteiger partial charge in [0.1, 0.15) is 0 Å². The van der Waals surface area contributed by atoms with Gasteiger partial charge in [-0.15, -0.1) is 0 Å². The number of carbonyl (C=O) groups is 2. The van der Waals surface area contributed by atoms with Crippen molar-refractivity contribution in [3.05, 3.63) is 64.7 Å². The summed E-state index contributed by atoms with van der Waals surface area (Å²) in [6, 6.07) is 14.3. The highest BCUT2D eigenvalue weighted by atomic mass is 16.2. The zero-order chi connectivity index (χ0) is 20.1. The fraction of sp³-hybridized carbons (Fsp3) is 0.391. The van der Waals surface area contributed by atoms with Crippen LogP contribution in [0.3, 0.4) is 0 Å². The number of benzene rings is 2. The van der Waals surface area contributed by atoms with Gasteiger partial charge in [-0.25, -0.2) is 0 Å². The van der Waals surface area contributed by atoms with Gasteiger partial charge < -0.3 is 15.5 Å². The minimum absolute atomic E-state index is 0.0151. The number of nitrogens with one attached hydrogen (secondary N) is 3. The van der Waals surface area contributed by atoms with Crippen molar-refractivity contribution in [2.24, 2.45) is 0 Å². The second-order valence-electron chi connectivity index (χ2n) is 7.82. The Bertz CT molecular complexity index is 863. The van der Waals surface area contributed by atoms with Crippen LogP contribution in [0.1, 0.15) is 41.1 Å². The number of fused-ring (bicyclic) bond motifs is 1. The van der Waals surface area contributed by atoms with E-state index in [0.29, 0.717) is 0 Å². The average Bonchev–Trinajstić information content (AvgIpc) is 2.65. The Balaban J connectivity index is 1.51. The molecule has 148 valence electrons. The van der Waals surface area contributed by atoms with Gasteiger partial charge in [0, 0.05) is 5.69 Å². The maximum atomic E-state index is 12.5. The van der Waals surface area contributed by atoms with Crippen LogP contribution in [0.5, 0.6) is 0 Å². The summed E-state index contributed by atoms with van der Waals surface area (Å²) in [6.07, 6.45) is 3.13. The van der Waals surface area contributed by atoms with Crippen LogP contribution >= 0.6 is 0 Å². The van der Waals surface area contributed by atoms with Gasteiger partial charge in [0.2, 0.25) is 0 Å². The molecule has 3 rings (SSSR count). The molecule has 0 heterocycles. The summed E-state index contributed by atoms with van der Waals surface area (Å²) >= 11 is 0. The molecule has 3 N–H and O–H groups in total. The van der Waals surface area contributed by atoms with Crippen molar-refractivity contribution < 1.29 is 14.5 Å². The molecule has 0 spiro atoms. The molecule has 5 nitrogen and oxygen atoms in total. The molecule has 0 fully saturated rings. The largest absolute Gasteiger partial charge is 0.344 e. The molecule has 2 aromatic carbocycles. The van der Waals surface area contributed by atoms with Gasteiger partial charge in [0.25, 0.3) is 11.8 Å². The van der Waals surface area contributed by atoms with Gasteiger partial charge in [-0.05, 0) is 61.4 Å². The lowest BCUT2D eigenvalue weighted by molar-refractivity contribution is -0.862. The van der Waals surface area contributed by atoms with E-state index in [-0.39, 0.29) is 30.9 Å². The van der Waals surface area contributed by atoms with E-state index in [1.807, 2.05) is 45.2 Å². The third-order valence-electron chi connectivity index (χ3n) is 5.51. The number of likely N-dealkylation sites (N-methyl/N-ethyl adjacent to an activating group) is 1. The van der Waals surface area contributed by atoms with Gasteiger partial charge >= 0.3 is 0 Å². The molecule has 0 radical (unpaired) electrons. The lowest BCUT2D eigenvalue weighted by Crippen LogP contribution is -3.11. The number of carbonyl (C=O) groups excluding carboxylic acids is 2. The Hall–Kier alpha value is -2.66. The van der Waals surface area contributed by atoms with Gasteiger partial charge in [-0.2, -0.15) is 0 Å². The number of hydrogen-bond acceptors (Lipinski definition) is 2. The van der Waals surface area contributed by atoms with E-state index in [2.05, 4.69) is 28.8 Å². The van der Waals surface area contributed by atoms with E-state index in [9.17, 15) is 9.59 Å². The van der Waals surface area contributed by atoms with Crippen molar-refractivity contribution in [3.8, 4) is 0 Å². The number of rotatable bonds is 6. The summed E-state index contributed by atoms with van der Waals surface area (Å²) in [5, 5.41) is 6.11. The minimum Gasteiger partial charge on any atom is -0.344 e. The van der Waals surface area contributed by atoms with Gasteiger partial charge in [0.15, 0.2) is 13.1 Å². The summed E-state index contributed by atoms with van der Waals surface area (Å²) in [5.41, 5.74) is 5.61. The predicted molar refractivity (Wildman–Crippen MR) is 111 cm³/mol. The molecule has 0 aliphatic heterocycles. The smallest absolute Gasteiger partial charge is 0.279 e. The van der Waals surface area contributed by atoms with E-state index in [1.165, 1.54) is 11.1 Å². The topological polar surface area (TPSA) is 62.6 Å². The molecule has 0 bridgehead atoms. The van der Waals surface area contributed by atoms with Crippen molar-refractivity contribution in [2.75, 3.05) is 25.5 Å². The van der Waals surface area contributed by atoms with Crippen LogP contribution in [0.25, 0.3) is 0 Å². The lowest BCUT2D eigenvalue weighted by Gasteiger charge is -2.26. The van der Waals surface area contributed by atoms with Crippen LogP contribution in [-0.4, -0.2) is 32.0 Å². The monoisotopic (exact) mass is 380 g/mol. The molecule has 28 heavy (non-hydrogen) atoms. The summed E-state index contributed by atoms with van der Waals surface area (Å²) in [6.45, 7) is 4.55. The Morgan fingerprint density at radius 2 is 1.79 bits per heavy atom. The Labute approximate surface area is 167 Å². The van der Waals surface area contributed by atoms with Crippen LogP contribution in [0, 0.1) is 13.8 Å². The van der Waals surface area contributed by atoms with Crippen LogP contribution in [0.15, 0.2) is 42.5 Å². The molecule has 0 saturated heterocycles. The molecule has 5 heteroatoms. The van der Waals surface area contributed by atoms with E-state index in [1.54, 1.807) is 0 Å². The summed E-state index contributed by atoms with van der Waals surface area (Å²) in [4.78, 5) is 25.7. The zero-order valence-electron chi connectivity index (χ0n) is 17.0. The fourth-order valence-corrected chi connectivity index (χ4v) is 3.84.